The summed E-state index contributed by atoms with van der Waals surface area (Å²) in [5.41, 5.74) is 0. The van der Waals surface area contributed by atoms with E-state index in [0.29, 0.717) is 31.6 Å². The molecule has 19 heteroatoms. The first-order chi connectivity index (χ1) is 42.1. The highest BCUT2D eigenvalue weighted by molar-refractivity contribution is 7.47. The van der Waals surface area contributed by atoms with Gasteiger partial charge in [-0.15, -0.1) is 0 Å². The Morgan fingerprint density at radius 3 is 0.807 bits per heavy atom. The van der Waals surface area contributed by atoms with Crippen LogP contribution in [0.1, 0.15) is 338 Å². The first-order valence-electron chi connectivity index (χ1n) is 35.7. The number of phosphoric acid groups is 2. The van der Waals surface area contributed by atoms with E-state index in [1.54, 1.807) is 0 Å². The first kappa shape index (κ1) is 86.1. The van der Waals surface area contributed by atoms with Gasteiger partial charge in [0.25, 0.3) is 0 Å². The molecule has 0 saturated heterocycles. The van der Waals surface area contributed by atoms with Crippen molar-refractivity contribution < 1.29 is 80.2 Å². The van der Waals surface area contributed by atoms with Gasteiger partial charge in [-0.3, -0.25) is 37.3 Å². The van der Waals surface area contributed by atoms with Gasteiger partial charge in [-0.2, -0.15) is 0 Å². The zero-order chi connectivity index (χ0) is 65.4. The molecule has 0 amide bonds. The Labute approximate surface area is 537 Å². The minimum absolute atomic E-state index is 0.104. The molecule has 3 unspecified atom stereocenters. The predicted octanol–water partition coefficient (Wildman–Crippen LogP) is 19.3. The van der Waals surface area contributed by atoms with Gasteiger partial charge in [0.15, 0.2) is 12.2 Å². The SMILES string of the molecule is CCC(C)CCCCCCCCC(=O)OC[C@H](COP(=O)(O)OC[C@@H](O)COP(=O)(O)OC[C@@H](COC(=O)CCCCCCCCC(C)C)OC(=O)CCCCCCCCCCCCCCCC(C)C)OC(=O)CCCCCCCCCCCCC(C)C. The molecule has 3 N–H and O–H groups in total. The standard InChI is InChI=1S/C69H134O17P2/c1-9-62(8)48-40-32-26-28-34-42-50-67(72)80-56-65(86-69(74)52-44-36-24-20-16-15-18-22-30-38-46-60(4)5)58-84-88(77,78)82-54-63(70)53-81-87(75,76)83-57-64(55-79-66(71)49-41-33-27-25-31-39-47-61(6)7)85-68(73)51-43-35-23-19-14-12-10-11-13-17-21-29-37-45-59(2)3/h59-65,70H,9-58H2,1-8H3,(H,75,76)(H,77,78)/t62?,63-,64+,65+/m0/s1. The van der Waals surface area contributed by atoms with Crippen molar-refractivity contribution in [3.63, 3.8) is 0 Å². The van der Waals surface area contributed by atoms with E-state index in [9.17, 15) is 43.2 Å². The first-order valence-corrected chi connectivity index (χ1v) is 38.7. The summed E-state index contributed by atoms with van der Waals surface area (Å²) in [4.78, 5) is 72.4. The van der Waals surface area contributed by atoms with E-state index in [1.165, 1.54) is 128 Å². The van der Waals surface area contributed by atoms with Crippen LogP contribution >= 0.6 is 15.6 Å². The van der Waals surface area contributed by atoms with Crippen molar-refractivity contribution in [2.24, 2.45) is 23.7 Å². The van der Waals surface area contributed by atoms with Crippen LogP contribution in [0.3, 0.4) is 0 Å². The lowest BCUT2D eigenvalue weighted by Crippen LogP contribution is -2.30. The van der Waals surface area contributed by atoms with Gasteiger partial charge in [0, 0.05) is 25.7 Å². The maximum atomic E-state index is 13.0. The predicted molar refractivity (Wildman–Crippen MR) is 354 cm³/mol. The van der Waals surface area contributed by atoms with Crippen LogP contribution < -0.4 is 0 Å². The number of hydrogen-bond acceptors (Lipinski definition) is 15. The normalized spacial score (nSPS) is 14.6. The third kappa shape index (κ3) is 61.6. The van der Waals surface area contributed by atoms with Crippen LogP contribution in [-0.2, 0) is 65.4 Å². The van der Waals surface area contributed by atoms with Gasteiger partial charge < -0.3 is 33.8 Å². The molecule has 0 spiro atoms. The molecule has 522 valence electrons. The van der Waals surface area contributed by atoms with Crippen molar-refractivity contribution in [2.45, 2.75) is 356 Å². The lowest BCUT2D eigenvalue weighted by molar-refractivity contribution is -0.161. The molecule has 6 atom stereocenters. The Kier molecular flexibility index (Phi) is 57.6. The lowest BCUT2D eigenvalue weighted by Gasteiger charge is -2.21. The number of carbonyl (C=O) groups excluding carboxylic acids is 4. The van der Waals surface area contributed by atoms with Crippen molar-refractivity contribution in [3.05, 3.63) is 0 Å². The second-order valence-electron chi connectivity index (χ2n) is 26.6. The fourth-order valence-electron chi connectivity index (χ4n) is 10.3. The average molecular weight is 1300 g/mol. The molecule has 88 heavy (non-hydrogen) atoms. The van der Waals surface area contributed by atoms with Crippen LogP contribution in [-0.4, -0.2) is 96.7 Å². The largest absolute Gasteiger partial charge is 0.472 e. The average Bonchev–Trinajstić information content (AvgIpc) is 3.63. The van der Waals surface area contributed by atoms with E-state index in [0.717, 1.165) is 120 Å². The maximum absolute atomic E-state index is 13.0. The molecule has 0 aromatic rings. The van der Waals surface area contributed by atoms with E-state index in [-0.39, 0.29) is 25.7 Å². The minimum atomic E-state index is -4.95. The summed E-state index contributed by atoms with van der Waals surface area (Å²) in [5.74, 6) is 0.815. The molecule has 0 aliphatic rings. The Bertz CT molecular complexity index is 1750. The van der Waals surface area contributed by atoms with Gasteiger partial charge >= 0.3 is 39.5 Å². The Balaban J connectivity index is 5.23. The van der Waals surface area contributed by atoms with E-state index in [2.05, 4.69) is 55.4 Å². The summed E-state index contributed by atoms with van der Waals surface area (Å²) in [5, 5.41) is 10.6. The summed E-state index contributed by atoms with van der Waals surface area (Å²) >= 11 is 0. The molecule has 0 saturated carbocycles. The molecule has 0 radical (unpaired) electrons. The lowest BCUT2D eigenvalue weighted by atomic mass is 10.00. The number of rotatable bonds is 66. The number of phosphoric ester groups is 2. The van der Waals surface area contributed by atoms with Gasteiger partial charge in [-0.1, -0.05) is 287 Å². The fraction of sp³-hybridized carbons (Fsp3) is 0.942. The number of unbranched alkanes of at least 4 members (excludes halogenated alkanes) is 31. The number of aliphatic hydroxyl groups is 1. The Morgan fingerprint density at radius 2 is 0.545 bits per heavy atom. The van der Waals surface area contributed by atoms with Crippen molar-refractivity contribution in [2.75, 3.05) is 39.6 Å². The third-order valence-corrected chi connectivity index (χ3v) is 18.1. The van der Waals surface area contributed by atoms with Crippen molar-refractivity contribution in [1.82, 2.24) is 0 Å². The van der Waals surface area contributed by atoms with Gasteiger partial charge in [0.2, 0.25) is 0 Å². The van der Waals surface area contributed by atoms with E-state index in [1.807, 2.05) is 0 Å². The second kappa shape index (κ2) is 58.8. The van der Waals surface area contributed by atoms with Gasteiger partial charge in [-0.25, -0.2) is 9.13 Å². The molecule has 0 bridgehead atoms. The Hall–Kier alpha value is -1.94. The number of carbonyl (C=O) groups is 4. The molecule has 0 aromatic heterocycles. The third-order valence-electron chi connectivity index (χ3n) is 16.2. The van der Waals surface area contributed by atoms with Crippen molar-refractivity contribution in [3.8, 4) is 0 Å². The summed E-state index contributed by atoms with van der Waals surface area (Å²) in [6.45, 7) is 14.0. The number of ether oxygens (including phenoxy) is 4. The van der Waals surface area contributed by atoms with Gasteiger partial charge in [-0.05, 0) is 49.4 Å². The highest BCUT2D eigenvalue weighted by Gasteiger charge is 2.30. The quantitative estimate of drug-likeness (QED) is 0.0222. The molecule has 0 aromatic carbocycles. The molecular weight excluding hydrogens is 1160 g/mol. The number of esters is 4. The Morgan fingerprint density at radius 1 is 0.318 bits per heavy atom. The monoisotopic (exact) mass is 1300 g/mol. The van der Waals surface area contributed by atoms with Crippen molar-refractivity contribution >= 4 is 39.5 Å². The second-order valence-corrected chi connectivity index (χ2v) is 29.5. The number of hydrogen-bond donors (Lipinski definition) is 3. The highest BCUT2D eigenvalue weighted by Crippen LogP contribution is 2.45. The summed E-state index contributed by atoms with van der Waals surface area (Å²) < 4.78 is 68.2. The zero-order valence-electron chi connectivity index (χ0n) is 57.3. The van der Waals surface area contributed by atoms with Crippen LogP contribution in [0.15, 0.2) is 0 Å². The van der Waals surface area contributed by atoms with Crippen LogP contribution in [0.5, 0.6) is 0 Å². The van der Waals surface area contributed by atoms with Crippen LogP contribution in [0, 0.1) is 23.7 Å². The molecule has 0 fully saturated rings. The highest BCUT2D eigenvalue weighted by atomic mass is 31.2. The molecule has 0 aliphatic carbocycles. The summed E-state index contributed by atoms with van der Waals surface area (Å²) in [7, 11) is -9.90. The molecule has 0 aliphatic heterocycles. The molecule has 0 rings (SSSR count). The summed E-state index contributed by atoms with van der Waals surface area (Å²) in [6, 6.07) is 0. The minimum Gasteiger partial charge on any atom is -0.462 e. The van der Waals surface area contributed by atoms with Crippen LogP contribution in [0.4, 0.5) is 0 Å². The van der Waals surface area contributed by atoms with Gasteiger partial charge in [0.1, 0.15) is 19.3 Å². The maximum Gasteiger partial charge on any atom is 0.472 e. The summed E-state index contributed by atoms with van der Waals surface area (Å²) in [6.07, 6.45) is 40.5. The smallest absolute Gasteiger partial charge is 0.462 e. The van der Waals surface area contributed by atoms with Crippen LogP contribution in [0.25, 0.3) is 0 Å². The molecule has 0 heterocycles. The van der Waals surface area contributed by atoms with E-state index < -0.39 is 97.5 Å². The van der Waals surface area contributed by atoms with Crippen LogP contribution in [0.2, 0.25) is 0 Å². The fourth-order valence-corrected chi connectivity index (χ4v) is 11.9. The number of aliphatic hydroxyl groups excluding tert-OH is 1. The molecule has 17 nitrogen and oxygen atoms in total. The van der Waals surface area contributed by atoms with E-state index in [4.69, 9.17) is 37.0 Å². The van der Waals surface area contributed by atoms with Crippen molar-refractivity contribution in [1.29, 1.82) is 0 Å². The molecular formula is C69H134O17P2. The van der Waals surface area contributed by atoms with E-state index >= 15 is 0 Å². The van der Waals surface area contributed by atoms with Gasteiger partial charge in [0.05, 0.1) is 26.4 Å². The topological polar surface area (TPSA) is 237 Å². The zero-order valence-corrected chi connectivity index (χ0v) is 59.1.